The van der Waals surface area contributed by atoms with Gasteiger partial charge in [0.15, 0.2) is 0 Å². The molecule has 1 aromatic rings. The maximum Gasteiger partial charge on any atom is 0.322 e. The number of nitrogens with zero attached hydrogens (tertiary/aromatic N) is 1. The van der Waals surface area contributed by atoms with Gasteiger partial charge in [0, 0.05) is 31.6 Å². The molecule has 0 atom stereocenters. The number of rotatable bonds is 10. The number of carboxylic acids is 1. The number of nitrogens with one attached hydrogen (secondary N) is 2. The fourth-order valence-corrected chi connectivity index (χ4v) is 2.80. The van der Waals surface area contributed by atoms with Crippen LogP contribution in [-0.2, 0) is 4.79 Å². The van der Waals surface area contributed by atoms with Crippen LogP contribution in [-0.4, -0.2) is 49.8 Å². The summed E-state index contributed by atoms with van der Waals surface area (Å²) in [5.41, 5.74) is 1.04. The van der Waals surface area contributed by atoms with E-state index >= 15 is 0 Å². The Morgan fingerprint density at radius 1 is 1.27 bits per heavy atom. The zero-order valence-electron chi connectivity index (χ0n) is 14.9. The first-order valence-corrected chi connectivity index (χ1v) is 8.76. The Bertz CT molecular complexity index is 662. The summed E-state index contributed by atoms with van der Waals surface area (Å²) in [5.74, 6) is -0.448. The standard InChI is InChI=1S/C18H25N3O5/c1-26-15-8-7-13(12-14(15)21-11-10-20-18(21)25)17(24)19-9-5-3-2-4-6-16(22)23/h7-8,12H,2-6,9-11H2,1H3,(H,19,24)(H,20,25)(H,22,23). The molecule has 1 aromatic carbocycles. The van der Waals surface area contributed by atoms with Gasteiger partial charge in [-0.15, -0.1) is 0 Å². The number of carbonyl (C=O) groups excluding carboxylic acids is 2. The van der Waals surface area contributed by atoms with Crippen molar-refractivity contribution in [2.24, 2.45) is 0 Å². The number of hydrogen-bond acceptors (Lipinski definition) is 4. The second-order valence-corrected chi connectivity index (χ2v) is 6.08. The lowest BCUT2D eigenvalue weighted by atomic mass is 10.1. The molecule has 8 nitrogen and oxygen atoms in total. The molecule has 0 unspecified atom stereocenters. The molecule has 0 saturated carbocycles. The molecule has 1 heterocycles. The number of hydrogen-bond donors (Lipinski definition) is 3. The summed E-state index contributed by atoms with van der Waals surface area (Å²) in [6, 6.07) is 4.80. The van der Waals surface area contributed by atoms with Crippen molar-refractivity contribution in [1.82, 2.24) is 10.6 Å². The minimum absolute atomic E-state index is 0.186. The third-order valence-electron chi connectivity index (χ3n) is 4.19. The number of methoxy groups -OCH3 is 1. The zero-order chi connectivity index (χ0) is 18.9. The van der Waals surface area contributed by atoms with Gasteiger partial charge in [0.2, 0.25) is 0 Å². The largest absolute Gasteiger partial charge is 0.495 e. The molecule has 0 aromatic heterocycles. The first kappa shape index (κ1) is 19.6. The van der Waals surface area contributed by atoms with Crippen LogP contribution in [0.3, 0.4) is 0 Å². The van der Waals surface area contributed by atoms with Crippen molar-refractivity contribution in [3.8, 4) is 5.75 Å². The highest BCUT2D eigenvalue weighted by Crippen LogP contribution is 2.30. The fraction of sp³-hybridized carbons (Fsp3) is 0.500. The first-order valence-electron chi connectivity index (χ1n) is 8.76. The van der Waals surface area contributed by atoms with Gasteiger partial charge in [-0.2, -0.15) is 0 Å². The number of urea groups is 1. The van der Waals surface area contributed by atoms with Crippen molar-refractivity contribution >= 4 is 23.6 Å². The molecule has 3 amide bonds. The van der Waals surface area contributed by atoms with E-state index in [-0.39, 0.29) is 18.4 Å². The highest BCUT2D eigenvalue weighted by Gasteiger charge is 2.25. The van der Waals surface area contributed by atoms with Crippen LogP contribution in [0.2, 0.25) is 0 Å². The molecule has 26 heavy (non-hydrogen) atoms. The van der Waals surface area contributed by atoms with Gasteiger partial charge >= 0.3 is 12.0 Å². The molecular formula is C18H25N3O5. The van der Waals surface area contributed by atoms with Crippen LogP contribution in [0.5, 0.6) is 5.75 Å². The van der Waals surface area contributed by atoms with Crippen LogP contribution in [0.4, 0.5) is 10.5 Å². The lowest BCUT2D eigenvalue weighted by molar-refractivity contribution is -0.137. The Morgan fingerprint density at radius 2 is 2.04 bits per heavy atom. The topological polar surface area (TPSA) is 108 Å². The minimum atomic E-state index is -0.778. The molecule has 0 radical (unpaired) electrons. The number of carbonyl (C=O) groups is 3. The monoisotopic (exact) mass is 363 g/mol. The summed E-state index contributed by atoms with van der Waals surface area (Å²) in [6.45, 7) is 1.61. The number of aliphatic carboxylic acids is 1. The summed E-state index contributed by atoms with van der Waals surface area (Å²) < 4.78 is 5.30. The highest BCUT2D eigenvalue weighted by molar-refractivity contribution is 5.99. The number of amides is 3. The van der Waals surface area contributed by atoms with Gasteiger partial charge in [0.05, 0.1) is 12.8 Å². The molecule has 1 fully saturated rings. The fourth-order valence-electron chi connectivity index (χ4n) is 2.80. The van der Waals surface area contributed by atoms with Gasteiger partial charge in [-0.1, -0.05) is 12.8 Å². The van der Waals surface area contributed by atoms with Crippen LogP contribution in [0.25, 0.3) is 0 Å². The van der Waals surface area contributed by atoms with Gasteiger partial charge in [-0.25, -0.2) is 4.79 Å². The SMILES string of the molecule is COc1ccc(C(=O)NCCCCCCC(=O)O)cc1N1CCNC1=O. The predicted octanol–water partition coefficient (Wildman–Crippen LogP) is 1.99. The number of benzene rings is 1. The van der Waals surface area contributed by atoms with E-state index < -0.39 is 5.97 Å². The Hall–Kier alpha value is -2.77. The summed E-state index contributed by atoms with van der Waals surface area (Å²) in [5, 5.41) is 14.2. The first-order chi connectivity index (χ1) is 12.5. The second-order valence-electron chi connectivity index (χ2n) is 6.08. The third-order valence-corrected chi connectivity index (χ3v) is 4.19. The molecule has 3 N–H and O–H groups in total. The van der Waals surface area contributed by atoms with Crippen LogP contribution < -0.4 is 20.3 Å². The zero-order valence-corrected chi connectivity index (χ0v) is 14.9. The normalized spacial score (nSPS) is 13.4. The summed E-state index contributed by atoms with van der Waals surface area (Å²) in [4.78, 5) is 36.2. The van der Waals surface area contributed by atoms with Gasteiger partial charge in [-0.05, 0) is 31.0 Å². The second kappa shape index (κ2) is 9.65. The Kier molecular flexibility index (Phi) is 7.25. The summed E-state index contributed by atoms with van der Waals surface area (Å²) >= 11 is 0. The van der Waals surface area contributed by atoms with Crippen molar-refractivity contribution in [3.05, 3.63) is 23.8 Å². The van der Waals surface area contributed by atoms with Crippen molar-refractivity contribution in [2.75, 3.05) is 31.6 Å². The molecule has 2 rings (SSSR count). The van der Waals surface area contributed by atoms with Crippen LogP contribution in [0.1, 0.15) is 42.5 Å². The Morgan fingerprint density at radius 3 is 2.69 bits per heavy atom. The Labute approximate surface area is 152 Å². The number of ether oxygens (including phenoxy) is 1. The van der Waals surface area contributed by atoms with Crippen LogP contribution in [0, 0.1) is 0 Å². The summed E-state index contributed by atoms with van der Waals surface area (Å²) in [7, 11) is 1.52. The van der Waals surface area contributed by atoms with Gasteiger partial charge < -0.3 is 20.5 Å². The van der Waals surface area contributed by atoms with E-state index in [0.717, 1.165) is 19.3 Å². The predicted molar refractivity (Wildman–Crippen MR) is 96.8 cm³/mol. The van der Waals surface area contributed by atoms with Crippen LogP contribution in [0.15, 0.2) is 18.2 Å². The van der Waals surface area contributed by atoms with E-state index in [9.17, 15) is 14.4 Å². The molecule has 8 heteroatoms. The average molecular weight is 363 g/mol. The minimum Gasteiger partial charge on any atom is -0.495 e. The molecule has 0 aliphatic carbocycles. The number of unbranched alkanes of at least 4 members (excludes halogenated alkanes) is 3. The average Bonchev–Trinajstić information content (AvgIpc) is 3.05. The highest BCUT2D eigenvalue weighted by atomic mass is 16.5. The maximum atomic E-state index is 12.3. The Balaban J connectivity index is 1.86. The smallest absolute Gasteiger partial charge is 0.322 e. The van der Waals surface area contributed by atoms with E-state index in [1.807, 2.05) is 0 Å². The van der Waals surface area contributed by atoms with E-state index in [2.05, 4.69) is 10.6 Å². The van der Waals surface area contributed by atoms with Gasteiger partial charge in [0.1, 0.15) is 5.75 Å². The lowest BCUT2D eigenvalue weighted by Crippen LogP contribution is -2.29. The lowest BCUT2D eigenvalue weighted by Gasteiger charge is -2.18. The van der Waals surface area contributed by atoms with Crippen molar-refractivity contribution in [1.29, 1.82) is 0 Å². The van der Waals surface area contributed by atoms with Crippen molar-refractivity contribution in [2.45, 2.75) is 32.1 Å². The van der Waals surface area contributed by atoms with E-state index in [0.29, 0.717) is 43.1 Å². The molecule has 1 saturated heterocycles. The molecular weight excluding hydrogens is 338 g/mol. The summed E-state index contributed by atoms with van der Waals surface area (Å²) in [6.07, 6.45) is 3.34. The maximum absolute atomic E-state index is 12.3. The quantitative estimate of drug-likeness (QED) is 0.551. The van der Waals surface area contributed by atoms with E-state index in [1.165, 1.54) is 7.11 Å². The van der Waals surface area contributed by atoms with Crippen molar-refractivity contribution in [3.63, 3.8) is 0 Å². The number of carboxylic acid groups (broad SMARTS) is 1. The number of anilines is 1. The van der Waals surface area contributed by atoms with Gasteiger partial charge in [-0.3, -0.25) is 14.5 Å². The van der Waals surface area contributed by atoms with Crippen molar-refractivity contribution < 1.29 is 24.2 Å². The molecule has 0 bridgehead atoms. The third kappa shape index (κ3) is 5.37. The molecule has 142 valence electrons. The van der Waals surface area contributed by atoms with Crippen LogP contribution >= 0.6 is 0 Å². The van der Waals surface area contributed by atoms with E-state index in [4.69, 9.17) is 9.84 Å². The molecule has 1 aliphatic rings. The van der Waals surface area contributed by atoms with E-state index in [1.54, 1.807) is 23.1 Å². The molecule has 0 spiro atoms. The molecule has 1 aliphatic heterocycles. The van der Waals surface area contributed by atoms with Gasteiger partial charge in [0.25, 0.3) is 5.91 Å².